The zero-order valence-electron chi connectivity index (χ0n) is 14.4. The first-order chi connectivity index (χ1) is 11.2. The van der Waals surface area contributed by atoms with Crippen LogP contribution in [-0.4, -0.2) is 47.9 Å². The fraction of sp³-hybridized carbons (Fsp3) is 0.632. The molecule has 1 aromatic rings. The molecule has 2 rings (SSSR count). The van der Waals surface area contributed by atoms with Crippen LogP contribution in [0.1, 0.15) is 44.6 Å². The Morgan fingerprint density at radius 3 is 2.48 bits per heavy atom. The highest BCUT2D eigenvalue weighted by atomic mass is 16.2. The third kappa shape index (κ3) is 5.63. The molecular formula is C19H31N3O. The molecule has 0 aliphatic heterocycles. The van der Waals surface area contributed by atoms with E-state index in [0.29, 0.717) is 19.1 Å². The van der Waals surface area contributed by atoms with Gasteiger partial charge in [0.1, 0.15) is 0 Å². The molecule has 0 atom stereocenters. The number of hydrogen-bond acceptors (Lipinski definition) is 3. The van der Waals surface area contributed by atoms with Crippen LogP contribution in [0.4, 0.5) is 0 Å². The van der Waals surface area contributed by atoms with Gasteiger partial charge in [-0.3, -0.25) is 9.69 Å². The van der Waals surface area contributed by atoms with Crippen molar-refractivity contribution in [1.82, 2.24) is 9.80 Å². The van der Waals surface area contributed by atoms with Gasteiger partial charge in [-0.25, -0.2) is 0 Å². The summed E-state index contributed by atoms with van der Waals surface area (Å²) < 4.78 is 0. The third-order valence-corrected chi connectivity index (χ3v) is 4.73. The smallest absolute Gasteiger partial charge is 0.236 e. The van der Waals surface area contributed by atoms with Gasteiger partial charge in [0, 0.05) is 32.2 Å². The van der Waals surface area contributed by atoms with E-state index in [1.54, 1.807) is 0 Å². The molecule has 1 aliphatic rings. The molecule has 0 heterocycles. The standard InChI is InChI=1S/C19H31N3O/c1-2-22(18-11-7-4-8-12-18)19(23)16-21(14-13-20)15-17-9-5-3-6-10-17/h3,5-6,9-10,18H,2,4,7-8,11-16,20H2,1H3. The molecule has 1 aromatic carbocycles. The number of carbonyl (C=O) groups is 1. The van der Waals surface area contributed by atoms with Crippen LogP contribution in [0.25, 0.3) is 0 Å². The second-order valence-corrected chi connectivity index (χ2v) is 6.46. The quantitative estimate of drug-likeness (QED) is 0.802. The van der Waals surface area contributed by atoms with Crippen LogP contribution in [0.2, 0.25) is 0 Å². The number of nitrogens with two attached hydrogens (primary N) is 1. The minimum absolute atomic E-state index is 0.254. The first kappa shape index (κ1) is 18.0. The highest BCUT2D eigenvalue weighted by Crippen LogP contribution is 2.22. The van der Waals surface area contributed by atoms with E-state index < -0.39 is 0 Å². The maximum absolute atomic E-state index is 12.8. The second kappa shape index (κ2) is 9.68. The van der Waals surface area contributed by atoms with Crippen molar-refractivity contribution in [2.24, 2.45) is 5.73 Å². The summed E-state index contributed by atoms with van der Waals surface area (Å²) >= 11 is 0. The summed E-state index contributed by atoms with van der Waals surface area (Å²) in [5, 5.41) is 0. The molecule has 0 unspecified atom stereocenters. The molecule has 23 heavy (non-hydrogen) atoms. The van der Waals surface area contributed by atoms with Gasteiger partial charge >= 0.3 is 0 Å². The Bertz CT molecular complexity index is 457. The molecule has 1 fully saturated rings. The highest BCUT2D eigenvalue weighted by Gasteiger charge is 2.25. The van der Waals surface area contributed by atoms with E-state index in [1.165, 1.54) is 24.8 Å². The fourth-order valence-corrected chi connectivity index (χ4v) is 3.55. The predicted molar refractivity (Wildman–Crippen MR) is 95.0 cm³/mol. The summed E-state index contributed by atoms with van der Waals surface area (Å²) in [6, 6.07) is 10.7. The van der Waals surface area contributed by atoms with Crippen molar-refractivity contribution >= 4 is 5.91 Å². The van der Waals surface area contributed by atoms with Crippen LogP contribution in [-0.2, 0) is 11.3 Å². The average molecular weight is 317 g/mol. The molecule has 1 saturated carbocycles. The van der Waals surface area contributed by atoms with Crippen molar-refractivity contribution in [3.8, 4) is 0 Å². The van der Waals surface area contributed by atoms with Crippen LogP contribution in [0.15, 0.2) is 30.3 Å². The third-order valence-electron chi connectivity index (χ3n) is 4.73. The SMILES string of the molecule is CCN(C(=O)CN(CCN)Cc1ccccc1)C1CCCCC1. The van der Waals surface area contributed by atoms with Gasteiger partial charge < -0.3 is 10.6 Å². The normalized spacial score (nSPS) is 15.8. The van der Waals surface area contributed by atoms with E-state index in [1.807, 2.05) is 18.2 Å². The van der Waals surface area contributed by atoms with Gasteiger partial charge in [0.2, 0.25) is 5.91 Å². The summed E-state index contributed by atoms with van der Waals surface area (Å²) in [5.41, 5.74) is 6.97. The van der Waals surface area contributed by atoms with E-state index in [4.69, 9.17) is 5.73 Å². The van der Waals surface area contributed by atoms with Gasteiger partial charge in [0.05, 0.1) is 6.54 Å². The van der Waals surface area contributed by atoms with E-state index in [0.717, 1.165) is 32.5 Å². The van der Waals surface area contributed by atoms with Crippen molar-refractivity contribution < 1.29 is 4.79 Å². The zero-order valence-corrected chi connectivity index (χ0v) is 14.4. The molecular weight excluding hydrogens is 286 g/mol. The van der Waals surface area contributed by atoms with Crippen LogP contribution in [0.5, 0.6) is 0 Å². The van der Waals surface area contributed by atoms with Crippen LogP contribution in [0, 0.1) is 0 Å². The predicted octanol–water partition coefficient (Wildman–Crippen LogP) is 2.63. The number of carbonyl (C=O) groups excluding carboxylic acids is 1. The Kier molecular flexibility index (Phi) is 7.56. The number of nitrogens with zero attached hydrogens (tertiary/aromatic N) is 2. The van der Waals surface area contributed by atoms with Gasteiger partial charge in [0.15, 0.2) is 0 Å². The van der Waals surface area contributed by atoms with E-state index in [-0.39, 0.29) is 5.91 Å². The number of rotatable bonds is 8. The van der Waals surface area contributed by atoms with Crippen molar-refractivity contribution in [3.63, 3.8) is 0 Å². The van der Waals surface area contributed by atoms with E-state index in [2.05, 4.69) is 28.9 Å². The van der Waals surface area contributed by atoms with Crippen molar-refractivity contribution in [1.29, 1.82) is 0 Å². The van der Waals surface area contributed by atoms with Crippen LogP contribution < -0.4 is 5.73 Å². The largest absolute Gasteiger partial charge is 0.339 e. The summed E-state index contributed by atoms with van der Waals surface area (Å²) in [6.45, 7) is 5.49. The molecule has 0 saturated heterocycles. The Morgan fingerprint density at radius 1 is 1.17 bits per heavy atom. The topological polar surface area (TPSA) is 49.6 Å². The number of hydrogen-bond donors (Lipinski definition) is 1. The lowest BCUT2D eigenvalue weighted by Gasteiger charge is -2.35. The van der Waals surface area contributed by atoms with Gasteiger partial charge in [-0.05, 0) is 25.3 Å². The molecule has 0 radical (unpaired) electrons. The van der Waals surface area contributed by atoms with Gasteiger partial charge in [0.25, 0.3) is 0 Å². The van der Waals surface area contributed by atoms with E-state index >= 15 is 0 Å². The summed E-state index contributed by atoms with van der Waals surface area (Å²) in [5.74, 6) is 0.254. The Labute approximate surface area is 140 Å². The Balaban J connectivity index is 1.95. The first-order valence-electron chi connectivity index (χ1n) is 9.00. The monoisotopic (exact) mass is 317 g/mol. The van der Waals surface area contributed by atoms with E-state index in [9.17, 15) is 4.79 Å². The maximum Gasteiger partial charge on any atom is 0.236 e. The Morgan fingerprint density at radius 2 is 1.87 bits per heavy atom. The fourth-order valence-electron chi connectivity index (χ4n) is 3.55. The van der Waals surface area contributed by atoms with Crippen LogP contribution >= 0.6 is 0 Å². The maximum atomic E-state index is 12.8. The molecule has 1 aliphatic carbocycles. The van der Waals surface area contributed by atoms with Gasteiger partial charge in [-0.2, -0.15) is 0 Å². The van der Waals surface area contributed by atoms with Gasteiger partial charge in [-0.15, -0.1) is 0 Å². The zero-order chi connectivity index (χ0) is 16.5. The number of amides is 1. The van der Waals surface area contributed by atoms with Crippen molar-refractivity contribution in [3.05, 3.63) is 35.9 Å². The molecule has 1 amide bonds. The van der Waals surface area contributed by atoms with Crippen molar-refractivity contribution in [2.45, 2.75) is 51.6 Å². The van der Waals surface area contributed by atoms with Gasteiger partial charge in [-0.1, -0.05) is 49.6 Å². The molecule has 4 heteroatoms. The number of benzene rings is 1. The molecule has 0 spiro atoms. The lowest BCUT2D eigenvalue weighted by atomic mass is 9.94. The minimum atomic E-state index is 0.254. The lowest BCUT2D eigenvalue weighted by molar-refractivity contribution is -0.135. The molecule has 4 nitrogen and oxygen atoms in total. The minimum Gasteiger partial charge on any atom is -0.339 e. The first-order valence-corrected chi connectivity index (χ1v) is 9.00. The molecule has 2 N–H and O–H groups in total. The summed E-state index contributed by atoms with van der Waals surface area (Å²) in [6.07, 6.45) is 6.15. The number of likely N-dealkylation sites (N-methyl/N-ethyl adjacent to an activating group) is 1. The molecule has 128 valence electrons. The average Bonchev–Trinajstić information content (AvgIpc) is 2.57. The highest BCUT2D eigenvalue weighted by molar-refractivity contribution is 5.78. The molecule has 0 aromatic heterocycles. The van der Waals surface area contributed by atoms with Crippen molar-refractivity contribution in [2.75, 3.05) is 26.2 Å². The van der Waals surface area contributed by atoms with Crippen LogP contribution in [0.3, 0.4) is 0 Å². The summed E-state index contributed by atoms with van der Waals surface area (Å²) in [7, 11) is 0. The summed E-state index contributed by atoms with van der Waals surface area (Å²) in [4.78, 5) is 17.1. The molecule has 0 bridgehead atoms. The lowest BCUT2D eigenvalue weighted by Crippen LogP contribution is -2.46. The Hall–Kier alpha value is -1.39. The second-order valence-electron chi connectivity index (χ2n) is 6.46.